The average molecular weight is 363 g/mol. The van der Waals surface area contributed by atoms with Gasteiger partial charge in [0.25, 0.3) is 0 Å². The van der Waals surface area contributed by atoms with E-state index >= 15 is 4.39 Å². The Morgan fingerprint density at radius 2 is 1.74 bits per heavy atom. The lowest BCUT2D eigenvalue weighted by atomic mass is 9.95. The number of hydrogen-bond acceptors (Lipinski definition) is 3. The van der Waals surface area contributed by atoms with Gasteiger partial charge in [-0.3, -0.25) is 4.79 Å². The van der Waals surface area contributed by atoms with Crippen LogP contribution in [-0.4, -0.2) is 12.9 Å². The molecule has 3 nitrogen and oxygen atoms in total. The molecule has 0 radical (unpaired) electrons. The molecule has 0 aromatic heterocycles. The Morgan fingerprint density at radius 3 is 2.37 bits per heavy atom. The zero-order valence-corrected chi connectivity index (χ0v) is 15.5. The molecular formula is C23H22FNO2. The maximum Gasteiger partial charge on any atom is 0.159 e. The van der Waals surface area contributed by atoms with Crippen molar-refractivity contribution >= 4 is 5.78 Å². The van der Waals surface area contributed by atoms with Crippen molar-refractivity contribution in [2.24, 2.45) is 5.73 Å². The highest BCUT2D eigenvalue weighted by Gasteiger charge is 2.17. The molecule has 0 saturated heterocycles. The summed E-state index contributed by atoms with van der Waals surface area (Å²) < 4.78 is 20.8. The van der Waals surface area contributed by atoms with Gasteiger partial charge in [-0.1, -0.05) is 48.5 Å². The lowest BCUT2D eigenvalue weighted by molar-refractivity contribution is 0.101. The number of ether oxygens (including phenoxy) is 1. The maximum atomic E-state index is 15.4. The summed E-state index contributed by atoms with van der Waals surface area (Å²) in [5.74, 6) is 0.0424. The minimum Gasteiger partial charge on any atom is -0.496 e. The van der Waals surface area contributed by atoms with E-state index in [-0.39, 0.29) is 11.6 Å². The predicted octanol–water partition coefficient (Wildman–Crippen LogP) is 4.75. The molecule has 0 atom stereocenters. The Hall–Kier alpha value is -2.98. The molecule has 3 aromatic carbocycles. The summed E-state index contributed by atoms with van der Waals surface area (Å²) in [6, 6.07) is 18.3. The van der Waals surface area contributed by atoms with Crippen LogP contribution in [-0.2, 0) is 13.0 Å². The molecule has 27 heavy (non-hydrogen) atoms. The number of hydrogen-bond donors (Lipinski definition) is 1. The van der Waals surface area contributed by atoms with Crippen LogP contribution in [0.15, 0.2) is 60.7 Å². The van der Waals surface area contributed by atoms with Crippen LogP contribution < -0.4 is 10.5 Å². The van der Waals surface area contributed by atoms with Crippen LogP contribution >= 0.6 is 0 Å². The first-order valence-electron chi connectivity index (χ1n) is 8.78. The van der Waals surface area contributed by atoms with Crippen LogP contribution in [0.4, 0.5) is 4.39 Å². The summed E-state index contributed by atoms with van der Waals surface area (Å²) >= 11 is 0. The van der Waals surface area contributed by atoms with Gasteiger partial charge >= 0.3 is 0 Å². The molecule has 0 aliphatic heterocycles. The average Bonchev–Trinajstić information content (AvgIpc) is 2.70. The van der Waals surface area contributed by atoms with Crippen LogP contribution in [0.25, 0.3) is 11.1 Å². The summed E-state index contributed by atoms with van der Waals surface area (Å²) in [5, 5.41) is 0. The zero-order valence-electron chi connectivity index (χ0n) is 15.5. The fourth-order valence-corrected chi connectivity index (χ4v) is 3.08. The molecule has 0 saturated carbocycles. The summed E-state index contributed by atoms with van der Waals surface area (Å²) in [6.45, 7) is 1.97. The van der Waals surface area contributed by atoms with E-state index in [4.69, 9.17) is 10.5 Å². The van der Waals surface area contributed by atoms with Crippen molar-refractivity contribution in [3.05, 3.63) is 88.7 Å². The topological polar surface area (TPSA) is 52.3 Å². The van der Waals surface area contributed by atoms with E-state index in [1.807, 2.05) is 24.3 Å². The second-order valence-electron chi connectivity index (χ2n) is 6.45. The van der Waals surface area contributed by atoms with Gasteiger partial charge in [0.15, 0.2) is 5.78 Å². The number of benzene rings is 3. The minimum atomic E-state index is -0.335. The third-order valence-electron chi connectivity index (χ3n) is 4.61. The molecule has 0 amide bonds. The Balaban J connectivity index is 2.04. The standard InChI is InChI=1S/C23H22FNO2/c1-15(26)18-4-3-5-19(13-18)22-21(27-2)11-10-20(23(22)24)12-16-6-8-17(14-25)9-7-16/h3-11,13H,12,14,25H2,1-2H3. The number of halogens is 1. The molecule has 0 aliphatic carbocycles. The molecule has 0 fully saturated rings. The number of carbonyl (C=O) groups is 1. The number of Topliss-reactive ketones (excluding diaryl/α,β-unsaturated/α-hetero) is 1. The number of methoxy groups -OCH3 is 1. The van der Waals surface area contributed by atoms with Crippen molar-refractivity contribution in [2.75, 3.05) is 7.11 Å². The van der Waals surface area contributed by atoms with E-state index in [0.717, 1.165) is 11.1 Å². The molecule has 3 aromatic rings. The molecule has 0 aliphatic rings. The molecule has 0 bridgehead atoms. The Labute approximate surface area is 158 Å². The summed E-state index contributed by atoms with van der Waals surface area (Å²) in [4.78, 5) is 11.7. The van der Waals surface area contributed by atoms with Crippen molar-refractivity contribution < 1.29 is 13.9 Å². The lowest BCUT2D eigenvalue weighted by Crippen LogP contribution is -2.00. The van der Waals surface area contributed by atoms with Crippen LogP contribution in [0.5, 0.6) is 5.75 Å². The van der Waals surface area contributed by atoms with E-state index in [9.17, 15) is 4.79 Å². The van der Waals surface area contributed by atoms with Gasteiger partial charge in [-0.05, 0) is 41.3 Å². The highest BCUT2D eigenvalue weighted by Crippen LogP contribution is 2.35. The highest BCUT2D eigenvalue weighted by atomic mass is 19.1. The Bertz CT molecular complexity index is 965. The normalized spacial score (nSPS) is 10.7. The van der Waals surface area contributed by atoms with E-state index in [0.29, 0.717) is 41.0 Å². The molecular weight excluding hydrogens is 341 g/mol. The van der Waals surface area contributed by atoms with Gasteiger partial charge in [0, 0.05) is 18.5 Å². The minimum absolute atomic E-state index is 0.0626. The lowest BCUT2D eigenvalue weighted by Gasteiger charge is -2.14. The molecule has 0 heterocycles. The zero-order chi connectivity index (χ0) is 19.4. The second-order valence-corrected chi connectivity index (χ2v) is 6.45. The second kappa shape index (κ2) is 8.14. The van der Waals surface area contributed by atoms with Crippen molar-refractivity contribution in [1.82, 2.24) is 0 Å². The van der Waals surface area contributed by atoms with E-state index < -0.39 is 0 Å². The van der Waals surface area contributed by atoms with E-state index in [1.54, 1.807) is 36.4 Å². The van der Waals surface area contributed by atoms with Crippen LogP contribution in [0.3, 0.4) is 0 Å². The first-order valence-corrected chi connectivity index (χ1v) is 8.78. The van der Waals surface area contributed by atoms with Gasteiger partial charge in [0.2, 0.25) is 0 Å². The SMILES string of the molecule is COc1ccc(Cc2ccc(CN)cc2)c(F)c1-c1cccc(C(C)=O)c1. The first kappa shape index (κ1) is 18.8. The Kier molecular flexibility index (Phi) is 5.67. The summed E-state index contributed by atoms with van der Waals surface area (Å²) in [5.41, 5.74) is 9.77. The summed E-state index contributed by atoms with van der Waals surface area (Å²) in [6.07, 6.45) is 0.458. The summed E-state index contributed by atoms with van der Waals surface area (Å²) in [7, 11) is 1.51. The van der Waals surface area contributed by atoms with Crippen molar-refractivity contribution in [3.8, 4) is 16.9 Å². The molecule has 4 heteroatoms. The van der Waals surface area contributed by atoms with Gasteiger partial charge in [-0.15, -0.1) is 0 Å². The molecule has 3 rings (SSSR count). The van der Waals surface area contributed by atoms with Gasteiger partial charge in [-0.25, -0.2) is 4.39 Å². The number of ketones is 1. The predicted molar refractivity (Wildman–Crippen MR) is 106 cm³/mol. The number of carbonyl (C=O) groups excluding carboxylic acids is 1. The van der Waals surface area contributed by atoms with Crippen molar-refractivity contribution in [2.45, 2.75) is 19.9 Å². The monoisotopic (exact) mass is 363 g/mol. The van der Waals surface area contributed by atoms with Gasteiger partial charge in [0.05, 0.1) is 12.7 Å². The first-order chi connectivity index (χ1) is 13.0. The van der Waals surface area contributed by atoms with E-state index in [1.165, 1.54) is 14.0 Å². The Morgan fingerprint density at radius 1 is 1.04 bits per heavy atom. The van der Waals surface area contributed by atoms with E-state index in [2.05, 4.69) is 0 Å². The number of nitrogens with two attached hydrogens (primary N) is 1. The molecule has 0 unspecified atom stereocenters. The molecule has 0 spiro atoms. The third kappa shape index (κ3) is 4.07. The van der Waals surface area contributed by atoms with Gasteiger partial charge in [-0.2, -0.15) is 0 Å². The van der Waals surface area contributed by atoms with Crippen LogP contribution in [0.2, 0.25) is 0 Å². The third-order valence-corrected chi connectivity index (χ3v) is 4.61. The fraction of sp³-hybridized carbons (Fsp3) is 0.174. The van der Waals surface area contributed by atoms with Gasteiger partial charge < -0.3 is 10.5 Å². The van der Waals surface area contributed by atoms with Crippen LogP contribution in [0.1, 0.15) is 34.0 Å². The van der Waals surface area contributed by atoms with Crippen molar-refractivity contribution in [1.29, 1.82) is 0 Å². The van der Waals surface area contributed by atoms with Crippen molar-refractivity contribution in [3.63, 3.8) is 0 Å². The number of rotatable bonds is 6. The van der Waals surface area contributed by atoms with Gasteiger partial charge in [0.1, 0.15) is 11.6 Å². The fourth-order valence-electron chi connectivity index (χ4n) is 3.08. The van der Waals surface area contributed by atoms with Crippen LogP contribution in [0, 0.1) is 5.82 Å². The largest absolute Gasteiger partial charge is 0.496 e. The quantitative estimate of drug-likeness (QED) is 0.643. The highest BCUT2D eigenvalue weighted by molar-refractivity contribution is 5.95. The maximum absolute atomic E-state index is 15.4. The molecule has 2 N–H and O–H groups in total. The molecule has 138 valence electrons. The smallest absolute Gasteiger partial charge is 0.159 e.